The van der Waals surface area contributed by atoms with Crippen molar-refractivity contribution < 1.29 is 14.7 Å². The molecule has 0 bridgehead atoms. The van der Waals surface area contributed by atoms with E-state index >= 15 is 0 Å². The molecule has 0 aromatic rings. The number of carboxylic acid groups (broad SMARTS) is 1. The molecule has 0 fully saturated rings. The molecule has 0 spiro atoms. The van der Waals surface area contributed by atoms with Gasteiger partial charge in [-0.2, -0.15) is 0 Å². The second kappa shape index (κ2) is 8.98. The van der Waals surface area contributed by atoms with Crippen LogP contribution in [0, 0.1) is 0 Å². The van der Waals surface area contributed by atoms with Gasteiger partial charge < -0.3 is 15.7 Å². The van der Waals surface area contributed by atoms with Crippen LogP contribution in [0.5, 0.6) is 0 Å². The maximum absolute atomic E-state index is 11.5. The number of carbonyl (C=O) groups is 2. The zero-order valence-electron chi connectivity index (χ0n) is 11.0. The molecule has 0 aliphatic rings. The fourth-order valence-corrected chi connectivity index (χ4v) is 1.40. The monoisotopic (exact) mass is 244 g/mol. The van der Waals surface area contributed by atoms with Gasteiger partial charge in [0.25, 0.3) is 0 Å². The summed E-state index contributed by atoms with van der Waals surface area (Å²) in [6, 6.07) is -0.0424. The molecule has 100 valence electrons. The van der Waals surface area contributed by atoms with Crippen molar-refractivity contribution in [3.8, 4) is 0 Å². The first kappa shape index (κ1) is 15.9. The summed E-state index contributed by atoms with van der Waals surface area (Å²) in [7, 11) is 0. The number of aliphatic carboxylic acids is 1. The largest absolute Gasteiger partial charge is 0.481 e. The molecule has 17 heavy (non-hydrogen) atoms. The van der Waals surface area contributed by atoms with Gasteiger partial charge in [-0.3, -0.25) is 9.59 Å². The average molecular weight is 244 g/mol. The summed E-state index contributed by atoms with van der Waals surface area (Å²) in [5.74, 6) is -0.742. The third-order valence-electron chi connectivity index (χ3n) is 2.34. The van der Waals surface area contributed by atoms with Crippen molar-refractivity contribution in [3.05, 3.63) is 0 Å². The molecular weight excluding hydrogens is 220 g/mol. The summed E-state index contributed by atoms with van der Waals surface area (Å²) >= 11 is 0. The van der Waals surface area contributed by atoms with Crippen molar-refractivity contribution in [2.24, 2.45) is 0 Å². The fourth-order valence-electron chi connectivity index (χ4n) is 1.40. The van der Waals surface area contributed by atoms with Crippen molar-refractivity contribution in [2.45, 2.75) is 58.5 Å². The Balaban J connectivity index is 3.47. The number of hydrogen-bond acceptors (Lipinski definition) is 3. The summed E-state index contributed by atoms with van der Waals surface area (Å²) in [4.78, 5) is 21.8. The van der Waals surface area contributed by atoms with Crippen LogP contribution in [-0.2, 0) is 9.59 Å². The highest BCUT2D eigenvalue weighted by Gasteiger charge is 2.11. The van der Waals surface area contributed by atoms with Crippen molar-refractivity contribution in [3.63, 3.8) is 0 Å². The number of rotatable bonds is 9. The molecule has 0 aliphatic heterocycles. The van der Waals surface area contributed by atoms with Gasteiger partial charge in [-0.05, 0) is 40.2 Å². The fraction of sp³-hybridized carbons (Fsp3) is 0.833. The number of carbonyl (C=O) groups excluding carboxylic acids is 1. The van der Waals surface area contributed by atoms with Crippen molar-refractivity contribution in [1.29, 1.82) is 0 Å². The predicted octanol–water partition coefficient (Wildman–Crippen LogP) is 1.13. The summed E-state index contributed by atoms with van der Waals surface area (Å²) in [5.41, 5.74) is 0. The molecule has 0 saturated carbocycles. The molecule has 0 radical (unpaired) electrons. The number of hydrogen-bond donors (Lipinski definition) is 3. The Kier molecular flexibility index (Phi) is 8.40. The van der Waals surface area contributed by atoms with Gasteiger partial charge in [0.05, 0.1) is 6.04 Å². The van der Waals surface area contributed by atoms with Crippen LogP contribution in [0.1, 0.15) is 46.5 Å². The minimum atomic E-state index is -0.748. The van der Waals surface area contributed by atoms with Crippen LogP contribution >= 0.6 is 0 Å². The van der Waals surface area contributed by atoms with E-state index in [1.165, 1.54) is 0 Å². The van der Waals surface area contributed by atoms with Gasteiger partial charge in [-0.1, -0.05) is 6.42 Å². The Morgan fingerprint density at radius 2 is 1.76 bits per heavy atom. The lowest BCUT2D eigenvalue weighted by atomic mass is 10.2. The molecule has 0 aromatic heterocycles. The zero-order chi connectivity index (χ0) is 13.3. The molecule has 1 atom stereocenters. The SMILES string of the molecule is CC(C)NC(=O)C(C)NCCCCCC(=O)O. The second-order valence-corrected chi connectivity index (χ2v) is 4.54. The van der Waals surface area contributed by atoms with Gasteiger partial charge in [0.2, 0.25) is 5.91 Å². The van der Waals surface area contributed by atoms with Crippen LogP contribution in [0.25, 0.3) is 0 Å². The van der Waals surface area contributed by atoms with Gasteiger partial charge in [-0.15, -0.1) is 0 Å². The predicted molar refractivity (Wildman–Crippen MR) is 66.8 cm³/mol. The van der Waals surface area contributed by atoms with Crippen LogP contribution in [0.3, 0.4) is 0 Å². The molecule has 5 nitrogen and oxygen atoms in total. The maximum Gasteiger partial charge on any atom is 0.303 e. The maximum atomic E-state index is 11.5. The van der Waals surface area contributed by atoms with Crippen molar-refractivity contribution in [2.75, 3.05) is 6.54 Å². The normalized spacial score (nSPS) is 12.5. The van der Waals surface area contributed by atoms with Crippen LogP contribution < -0.4 is 10.6 Å². The average Bonchev–Trinajstić information content (AvgIpc) is 2.21. The highest BCUT2D eigenvalue weighted by molar-refractivity contribution is 5.81. The van der Waals surface area contributed by atoms with Gasteiger partial charge >= 0.3 is 5.97 Å². The standard InChI is InChI=1S/C12H24N2O3/c1-9(2)14-12(17)10(3)13-8-6-4-5-7-11(15)16/h9-10,13H,4-8H2,1-3H3,(H,14,17)(H,15,16). The van der Waals surface area contributed by atoms with Crippen LogP contribution in [-0.4, -0.2) is 35.6 Å². The Morgan fingerprint density at radius 3 is 2.29 bits per heavy atom. The number of nitrogens with one attached hydrogen (secondary N) is 2. The van der Waals surface area contributed by atoms with Gasteiger partial charge in [0.1, 0.15) is 0 Å². The zero-order valence-corrected chi connectivity index (χ0v) is 11.0. The Labute approximate surface area is 103 Å². The quantitative estimate of drug-likeness (QED) is 0.531. The Bertz CT molecular complexity index is 242. The van der Waals surface area contributed by atoms with E-state index in [9.17, 15) is 9.59 Å². The smallest absolute Gasteiger partial charge is 0.303 e. The third kappa shape index (κ3) is 9.81. The summed E-state index contributed by atoms with van der Waals surface area (Å²) < 4.78 is 0. The first-order chi connectivity index (χ1) is 7.93. The van der Waals surface area contributed by atoms with Crippen molar-refractivity contribution >= 4 is 11.9 Å². The van der Waals surface area contributed by atoms with E-state index in [4.69, 9.17) is 5.11 Å². The third-order valence-corrected chi connectivity index (χ3v) is 2.34. The minimum absolute atomic E-state index is 0.00513. The first-order valence-electron chi connectivity index (χ1n) is 6.19. The van der Waals surface area contributed by atoms with Crippen molar-refractivity contribution in [1.82, 2.24) is 10.6 Å². The van der Waals surface area contributed by atoms with Gasteiger partial charge in [0, 0.05) is 12.5 Å². The summed E-state index contributed by atoms with van der Waals surface area (Å²) in [6.45, 7) is 6.42. The number of carboxylic acids is 1. The van der Waals surface area contributed by atoms with E-state index in [0.29, 0.717) is 6.42 Å². The molecular formula is C12H24N2O3. The van der Waals surface area contributed by atoms with E-state index < -0.39 is 5.97 Å². The molecule has 0 heterocycles. The molecule has 5 heteroatoms. The van der Waals surface area contributed by atoms with Gasteiger partial charge in [0.15, 0.2) is 0 Å². The topological polar surface area (TPSA) is 78.4 Å². The summed E-state index contributed by atoms with van der Waals surface area (Å²) in [6.07, 6.45) is 2.69. The molecule has 0 rings (SSSR count). The molecule has 0 aromatic carbocycles. The lowest BCUT2D eigenvalue weighted by molar-refractivity contribution is -0.137. The molecule has 0 saturated heterocycles. The molecule has 1 unspecified atom stereocenters. The molecule has 3 N–H and O–H groups in total. The van der Waals surface area contributed by atoms with E-state index in [-0.39, 0.29) is 24.4 Å². The first-order valence-corrected chi connectivity index (χ1v) is 6.19. The van der Waals surface area contributed by atoms with Crippen LogP contribution in [0.15, 0.2) is 0 Å². The second-order valence-electron chi connectivity index (χ2n) is 4.54. The van der Waals surface area contributed by atoms with E-state index in [2.05, 4.69) is 10.6 Å². The van der Waals surface area contributed by atoms with Gasteiger partial charge in [-0.25, -0.2) is 0 Å². The number of amides is 1. The molecule has 1 amide bonds. The molecule has 0 aliphatic carbocycles. The van der Waals surface area contributed by atoms with E-state index in [0.717, 1.165) is 19.4 Å². The van der Waals surface area contributed by atoms with Crippen LogP contribution in [0.4, 0.5) is 0 Å². The number of unbranched alkanes of at least 4 members (excludes halogenated alkanes) is 2. The van der Waals surface area contributed by atoms with E-state index in [1.54, 1.807) is 0 Å². The minimum Gasteiger partial charge on any atom is -0.481 e. The Hall–Kier alpha value is -1.10. The van der Waals surface area contributed by atoms with Crippen LogP contribution in [0.2, 0.25) is 0 Å². The lowest BCUT2D eigenvalue weighted by Crippen LogP contribution is -2.44. The Morgan fingerprint density at radius 1 is 1.12 bits per heavy atom. The summed E-state index contributed by atoms with van der Waals surface area (Å²) in [5, 5.41) is 14.4. The van der Waals surface area contributed by atoms with E-state index in [1.807, 2.05) is 20.8 Å². The highest BCUT2D eigenvalue weighted by Crippen LogP contribution is 1.99. The lowest BCUT2D eigenvalue weighted by Gasteiger charge is -2.15. The highest BCUT2D eigenvalue weighted by atomic mass is 16.4.